The summed E-state index contributed by atoms with van der Waals surface area (Å²) in [7, 11) is 1.99. The number of rotatable bonds is 3. The second-order valence-corrected chi connectivity index (χ2v) is 5.93. The fourth-order valence-corrected chi connectivity index (χ4v) is 3.70. The number of hydrogen-bond acceptors (Lipinski definition) is 1. The van der Waals surface area contributed by atoms with E-state index in [0.29, 0.717) is 5.41 Å². The number of nitrogens with zero attached hydrogens (tertiary/aromatic N) is 2. The van der Waals surface area contributed by atoms with Crippen molar-refractivity contribution < 1.29 is 0 Å². The molecule has 0 unspecified atom stereocenters. The summed E-state index contributed by atoms with van der Waals surface area (Å²) in [5.74, 6) is 0. The molecule has 16 heavy (non-hydrogen) atoms. The molecule has 0 aromatic carbocycles. The summed E-state index contributed by atoms with van der Waals surface area (Å²) >= 11 is 9.99. The Hall–Kier alpha value is -0.0200. The summed E-state index contributed by atoms with van der Waals surface area (Å²) in [5, 5.41) is 6.31. The highest BCUT2D eigenvalue weighted by Gasteiger charge is 2.34. The molecule has 0 radical (unpaired) electrons. The molecule has 2 nitrogen and oxygen atoms in total. The quantitative estimate of drug-likeness (QED) is 0.775. The highest BCUT2D eigenvalue weighted by atomic mass is 79.9. The van der Waals surface area contributed by atoms with Crippen molar-refractivity contribution in [2.45, 2.75) is 39.0 Å². The minimum atomic E-state index is 0.407. The predicted octanol–water partition coefficient (Wildman–Crippen LogP) is 3.88. The van der Waals surface area contributed by atoms with Crippen LogP contribution in [0.5, 0.6) is 0 Å². The Labute approximate surface area is 110 Å². The van der Waals surface area contributed by atoms with Crippen LogP contribution in [0.2, 0.25) is 5.02 Å². The lowest BCUT2D eigenvalue weighted by molar-refractivity contribution is 0.337. The third-order valence-electron chi connectivity index (χ3n) is 3.75. The smallest absolute Gasteiger partial charge is 0.0847 e. The number of hydrogen-bond donors (Lipinski definition) is 0. The van der Waals surface area contributed by atoms with Crippen LogP contribution in [0.25, 0.3) is 0 Å². The monoisotopic (exact) mass is 304 g/mol. The molecule has 0 atom stereocenters. The minimum absolute atomic E-state index is 0.407. The van der Waals surface area contributed by atoms with Gasteiger partial charge in [-0.05, 0) is 31.6 Å². The van der Waals surface area contributed by atoms with Crippen molar-refractivity contribution in [3.8, 4) is 0 Å². The van der Waals surface area contributed by atoms with Crippen molar-refractivity contribution in [1.29, 1.82) is 0 Å². The molecule has 1 aliphatic rings. The summed E-state index contributed by atoms with van der Waals surface area (Å²) < 4.78 is 1.94. The van der Waals surface area contributed by atoms with E-state index in [1.165, 1.54) is 31.4 Å². The van der Waals surface area contributed by atoms with Crippen LogP contribution in [0.4, 0.5) is 0 Å². The maximum absolute atomic E-state index is 6.31. The minimum Gasteiger partial charge on any atom is -0.271 e. The molecule has 1 aliphatic carbocycles. The summed E-state index contributed by atoms with van der Waals surface area (Å²) in [6, 6.07) is 0. The SMILES string of the molecule is Cc1nn(C)c(CC2(CBr)CCCC2)c1Cl. The van der Waals surface area contributed by atoms with Crippen molar-refractivity contribution in [3.63, 3.8) is 0 Å². The molecule has 0 bridgehead atoms. The van der Waals surface area contributed by atoms with Crippen molar-refractivity contribution in [2.75, 3.05) is 5.33 Å². The van der Waals surface area contributed by atoms with Gasteiger partial charge in [-0.3, -0.25) is 4.68 Å². The summed E-state index contributed by atoms with van der Waals surface area (Å²) in [6.45, 7) is 1.97. The van der Waals surface area contributed by atoms with Gasteiger partial charge in [-0.2, -0.15) is 5.10 Å². The molecule has 1 saturated carbocycles. The van der Waals surface area contributed by atoms with Gasteiger partial charge in [0.1, 0.15) is 0 Å². The van der Waals surface area contributed by atoms with Gasteiger partial charge >= 0.3 is 0 Å². The van der Waals surface area contributed by atoms with E-state index in [4.69, 9.17) is 11.6 Å². The lowest BCUT2D eigenvalue weighted by atomic mass is 9.83. The topological polar surface area (TPSA) is 17.8 Å². The fourth-order valence-electron chi connectivity index (χ4n) is 2.71. The van der Waals surface area contributed by atoms with Gasteiger partial charge in [0, 0.05) is 12.4 Å². The maximum atomic E-state index is 6.31. The van der Waals surface area contributed by atoms with E-state index >= 15 is 0 Å². The van der Waals surface area contributed by atoms with Crippen LogP contribution in [-0.2, 0) is 13.5 Å². The van der Waals surface area contributed by atoms with Crippen molar-refractivity contribution in [1.82, 2.24) is 9.78 Å². The molecule has 4 heteroatoms. The second kappa shape index (κ2) is 4.69. The number of aromatic nitrogens is 2. The van der Waals surface area contributed by atoms with Gasteiger partial charge in [-0.15, -0.1) is 0 Å². The normalized spacial score (nSPS) is 19.2. The first-order valence-corrected chi connectivity index (χ1v) is 7.32. The second-order valence-electron chi connectivity index (χ2n) is 4.99. The Bertz CT molecular complexity index is 381. The van der Waals surface area contributed by atoms with Crippen molar-refractivity contribution in [2.24, 2.45) is 12.5 Å². The first-order valence-electron chi connectivity index (χ1n) is 5.82. The van der Waals surface area contributed by atoms with Crippen LogP contribution in [0, 0.1) is 12.3 Å². The van der Waals surface area contributed by atoms with Gasteiger partial charge < -0.3 is 0 Å². The molecule has 0 N–H and O–H groups in total. The molecule has 1 fully saturated rings. The van der Waals surface area contributed by atoms with Gasteiger partial charge in [-0.25, -0.2) is 0 Å². The Morgan fingerprint density at radius 3 is 2.50 bits per heavy atom. The first kappa shape index (κ1) is 12.4. The highest BCUT2D eigenvalue weighted by Crippen LogP contribution is 2.43. The van der Waals surface area contributed by atoms with E-state index in [2.05, 4.69) is 21.0 Å². The third kappa shape index (κ3) is 2.17. The average Bonchev–Trinajstić information content (AvgIpc) is 2.81. The molecule has 0 aliphatic heterocycles. The van der Waals surface area contributed by atoms with Crippen LogP contribution < -0.4 is 0 Å². The zero-order chi connectivity index (χ0) is 11.8. The summed E-state index contributed by atoms with van der Waals surface area (Å²) in [4.78, 5) is 0. The fraction of sp³-hybridized carbons (Fsp3) is 0.750. The van der Waals surface area contributed by atoms with Crippen molar-refractivity contribution in [3.05, 3.63) is 16.4 Å². The van der Waals surface area contributed by atoms with Gasteiger partial charge in [-0.1, -0.05) is 40.4 Å². The largest absolute Gasteiger partial charge is 0.271 e. The molecule has 0 saturated heterocycles. The Balaban J connectivity index is 2.25. The van der Waals surface area contributed by atoms with Gasteiger partial charge in [0.25, 0.3) is 0 Å². The van der Waals surface area contributed by atoms with E-state index in [1.54, 1.807) is 0 Å². The highest BCUT2D eigenvalue weighted by molar-refractivity contribution is 9.09. The Morgan fingerprint density at radius 2 is 2.06 bits per heavy atom. The molecule has 0 amide bonds. The molecular formula is C12H18BrClN2. The van der Waals surface area contributed by atoms with Gasteiger partial charge in [0.05, 0.1) is 16.4 Å². The molecular weight excluding hydrogens is 288 g/mol. The molecule has 0 spiro atoms. The standard InChI is InChI=1S/C12H18BrClN2/c1-9-11(14)10(16(2)15-9)7-12(8-13)5-3-4-6-12/h3-8H2,1-2H3. The van der Waals surface area contributed by atoms with Gasteiger partial charge in [0.15, 0.2) is 0 Å². The first-order chi connectivity index (χ1) is 7.58. The van der Waals surface area contributed by atoms with Gasteiger partial charge in [0.2, 0.25) is 0 Å². The summed E-state index contributed by atoms with van der Waals surface area (Å²) in [5.41, 5.74) is 2.55. The third-order valence-corrected chi connectivity index (χ3v) is 5.43. The molecule has 1 aromatic heterocycles. The van der Waals surface area contributed by atoms with E-state index < -0.39 is 0 Å². The molecule has 2 rings (SSSR count). The Kier molecular flexibility index (Phi) is 3.65. The number of halogens is 2. The van der Waals surface area contributed by atoms with Crippen LogP contribution in [0.1, 0.15) is 37.1 Å². The van der Waals surface area contributed by atoms with Crippen LogP contribution >= 0.6 is 27.5 Å². The molecule has 90 valence electrons. The van der Waals surface area contributed by atoms with E-state index in [0.717, 1.165) is 22.5 Å². The van der Waals surface area contributed by atoms with E-state index in [1.807, 2.05) is 18.7 Å². The zero-order valence-electron chi connectivity index (χ0n) is 9.89. The lowest BCUT2D eigenvalue weighted by Crippen LogP contribution is -2.23. The lowest BCUT2D eigenvalue weighted by Gasteiger charge is -2.26. The van der Waals surface area contributed by atoms with Crippen molar-refractivity contribution >= 4 is 27.5 Å². The summed E-state index contributed by atoms with van der Waals surface area (Å²) in [6.07, 6.45) is 6.35. The van der Waals surface area contributed by atoms with E-state index in [9.17, 15) is 0 Å². The number of alkyl halides is 1. The average molecular weight is 306 g/mol. The van der Waals surface area contributed by atoms with Crippen LogP contribution in [0.15, 0.2) is 0 Å². The predicted molar refractivity (Wildman–Crippen MR) is 71.4 cm³/mol. The van der Waals surface area contributed by atoms with Crippen LogP contribution in [-0.4, -0.2) is 15.1 Å². The molecule has 1 heterocycles. The molecule has 1 aromatic rings. The van der Waals surface area contributed by atoms with E-state index in [-0.39, 0.29) is 0 Å². The zero-order valence-corrected chi connectivity index (χ0v) is 12.2. The Morgan fingerprint density at radius 1 is 1.44 bits per heavy atom. The number of aryl methyl sites for hydroxylation is 2. The maximum Gasteiger partial charge on any atom is 0.0847 e. The van der Waals surface area contributed by atoms with Crippen LogP contribution in [0.3, 0.4) is 0 Å².